The molecule has 104 valence electrons. The van der Waals surface area contributed by atoms with Gasteiger partial charge in [0.15, 0.2) is 0 Å². The van der Waals surface area contributed by atoms with Gasteiger partial charge in [-0.3, -0.25) is 4.90 Å². The second-order valence-electron chi connectivity index (χ2n) is 6.09. The standard InChI is InChI=1S/C16H25N3/c1-13-11-19(10-9-18(13)2)12-14-7-8-17-16-6-4-3-5-15(14)16/h3-6,13-14,17H,7-12H2,1-2H3. The monoisotopic (exact) mass is 259 g/mol. The number of anilines is 1. The summed E-state index contributed by atoms with van der Waals surface area (Å²) in [5, 5.41) is 3.52. The van der Waals surface area contributed by atoms with Crippen LogP contribution < -0.4 is 5.32 Å². The molecular weight excluding hydrogens is 234 g/mol. The highest BCUT2D eigenvalue weighted by atomic mass is 15.3. The van der Waals surface area contributed by atoms with Crippen LogP contribution in [0.4, 0.5) is 5.69 Å². The largest absolute Gasteiger partial charge is 0.385 e. The lowest BCUT2D eigenvalue weighted by molar-refractivity contribution is 0.0993. The number of para-hydroxylation sites is 1. The molecule has 2 heterocycles. The lowest BCUT2D eigenvalue weighted by Crippen LogP contribution is -2.51. The second kappa shape index (κ2) is 5.51. The van der Waals surface area contributed by atoms with Crippen molar-refractivity contribution >= 4 is 5.69 Å². The Morgan fingerprint density at radius 1 is 1.26 bits per heavy atom. The summed E-state index contributed by atoms with van der Waals surface area (Å²) in [7, 11) is 2.24. The van der Waals surface area contributed by atoms with Crippen molar-refractivity contribution in [2.75, 3.05) is 45.1 Å². The van der Waals surface area contributed by atoms with E-state index in [1.54, 1.807) is 0 Å². The molecule has 0 aliphatic carbocycles. The Bertz CT molecular complexity index is 432. The number of fused-ring (bicyclic) bond motifs is 1. The van der Waals surface area contributed by atoms with E-state index in [1.165, 1.54) is 43.9 Å². The first-order chi connectivity index (χ1) is 9.24. The van der Waals surface area contributed by atoms with Gasteiger partial charge in [-0.2, -0.15) is 0 Å². The number of hydrogen-bond acceptors (Lipinski definition) is 3. The van der Waals surface area contributed by atoms with E-state index in [1.807, 2.05) is 0 Å². The average Bonchev–Trinajstić information content (AvgIpc) is 2.43. The van der Waals surface area contributed by atoms with E-state index < -0.39 is 0 Å². The highest BCUT2D eigenvalue weighted by Crippen LogP contribution is 2.32. The van der Waals surface area contributed by atoms with Gasteiger partial charge in [0.1, 0.15) is 0 Å². The summed E-state index contributed by atoms with van der Waals surface area (Å²) in [4.78, 5) is 5.12. The minimum atomic E-state index is 0.686. The number of nitrogens with one attached hydrogen (secondary N) is 1. The first kappa shape index (κ1) is 12.9. The van der Waals surface area contributed by atoms with Crippen LogP contribution in [0.2, 0.25) is 0 Å². The van der Waals surface area contributed by atoms with Crippen molar-refractivity contribution in [1.29, 1.82) is 0 Å². The fourth-order valence-electron chi connectivity index (χ4n) is 3.34. The van der Waals surface area contributed by atoms with E-state index in [9.17, 15) is 0 Å². The number of nitrogens with zero attached hydrogens (tertiary/aromatic N) is 2. The highest BCUT2D eigenvalue weighted by Gasteiger charge is 2.26. The SMILES string of the molecule is CC1CN(CC2CCNc3ccccc32)CCN1C. The normalized spacial score (nSPS) is 28.7. The smallest absolute Gasteiger partial charge is 0.0376 e. The highest BCUT2D eigenvalue weighted by molar-refractivity contribution is 5.54. The van der Waals surface area contributed by atoms with Crippen LogP contribution in [0.3, 0.4) is 0 Å². The van der Waals surface area contributed by atoms with Gasteiger partial charge in [-0.15, -0.1) is 0 Å². The number of hydrogen-bond donors (Lipinski definition) is 1. The molecule has 3 heteroatoms. The molecule has 2 aliphatic heterocycles. The van der Waals surface area contributed by atoms with Gasteiger partial charge in [0, 0.05) is 50.4 Å². The summed E-state index contributed by atoms with van der Waals surface area (Å²) < 4.78 is 0. The molecule has 19 heavy (non-hydrogen) atoms. The van der Waals surface area contributed by atoms with Crippen LogP contribution in [0.25, 0.3) is 0 Å². The quantitative estimate of drug-likeness (QED) is 0.878. The van der Waals surface area contributed by atoms with Gasteiger partial charge in [0.25, 0.3) is 0 Å². The Balaban J connectivity index is 1.68. The molecule has 1 N–H and O–H groups in total. The maximum absolute atomic E-state index is 3.52. The van der Waals surface area contributed by atoms with Crippen LogP contribution in [0.1, 0.15) is 24.8 Å². The van der Waals surface area contributed by atoms with Crippen molar-refractivity contribution in [3.63, 3.8) is 0 Å². The fraction of sp³-hybridized carbons (Fsp3) is 0.625. The molecule has 0 saturated carbocycles. The predicted molar refractivity (Wildman–Crippen MR) is 80.8 cm³/mol. The molecule has 0 radical (unpaired) electrons. The van der Waals surface area contributed by atoms with Crippen molar-refractivity contribution < 1.29 is 0 Å². The van der Waals surface area contributed by atoms with Crippen LogP contribution in [0, 0.1) is 0 Å². The average molecular weight is 259 g/mol. The summed E-state index contributed by atoms with van der Waals surface area (Å²) in [5.74, 6) is 0.702. The molecule has 1 saturated heterocycles. The predicted octanol–water partition coefficient (Wildman–Crippen LogP) is 2.22. The lowest BCUT2D eigenvalue weighted by Gasteiger charge is -2.40. The van der Waals surface area contributed by atoms with Crippen molar-refractivity contribution in [3.05, 3.63) is 29.8 Å². The van der Waals surface area contributed by atoms with Crippen LogP contribution in [0.15, 0.2) is 24.3 Å². The Labute approximate surface area is 116 Å². The maximum atomic E-state index is 3.52. The van der Waals surface area contributed by atoms with E-state index in [0.29, 0.717) is 12.0 Å². The first-order valence-electron chi connectivity index (χ1n) is 7.49. The third-order valence-corrected chi connectivity index (χ3v) is 4.73. The lowest BCUT2D eigenvalue weighted by atomic mass is 9.90. The van der Waals surface area contributed by atoms with Gasteiger partial charge < -0.3 is 10.2 Å². The number of benzene rings is 1. The van der Waals surface area contributed by atoms with Crippen LogP contribution in [-0.4, -0.2) is 55.6 Å². The Kier molecular flexibility index (Phi) is 3.76. The zero-order valence-electron chi connectivity index (χ0n) is 12.1. The molecule has 0 bridgehead atoms. The summed E-state index contributed by atoms with van der Waals surface area (Å²) >= 11 is 0. The van der Waals surface area contributed by atoms with Gasteiger partial charge in [-0.25, -0.2) is 0 Å². The molecule has 1 fully saturated rings. The topological polar surface area (TPSA) is 18.5 Å². The van der Waals surface area contributed by atoms with E-state index in [0.717, 1.165) is 6.54 Å². The van der Waals surface area contributed by atoms with Gasteiger partial charge in [0.05, 0.1) is 0 Å². The molecule has 3 rings (SSSR count). The van der Waals surface area contributed by atoms with Gasteiger partial charge in [0.2, 0.25) is 0 Å². The first-order valence-corrected chi connectivity index (χ1v) is 7.49. The van der Waals surface area contributed by atoms with E-state index in [4.69, 9.17) is 0 Å². The zero-order chi connectivity index (χ0) is 13.2. The third-order valence-electron chi connectivity index (χ3n) is 4.73. The van der Waals surface area contributed by atoms with Crippen molar-refractivity contribution in [2.24, 2.45) is 0 Å². The summed E-state index contributed by atoms with van der Waals surface area (Å²) in [6.07, 6.45) is 1.26. The van der Waals surface area contributed by atoms with Gasteiger partial charge in [-0.1, -0.05) is 18.2 Å². The van der Waals surface area contributed by atoms with Crippen molar-refractivity contribution in [3.8, 4) is 0 Å². The van der Waals surface area contributed by atoms with Gasteiger partial charge in [-0.05, 0) is 32.0 Å². The van der Waals surface area contributed by atoms with Crippen molar-refractivity contribution in [1.82, 2.24) is 9.80 Å². The summed E-state index contributed by atoms with van der Waals surface area (Å²) in [5.41, 5.74) is 2.86. The second-order valence-corrected chi connectivity index (χ2v) is 6.09. The number of rotatable bonds is 2. The molecule has 0 aromatic heterocycles. The third kappa shape index (κ3) is 2.77. The fourth-order valence-corrected chi connectivity index (χ4v) is 3.34. The molecular formula is C16H25N3. The minimum absolute atomic E-state index is 0.686. The van der Waals surface area contributed by atoms with Crippen LogP contribution in [0.5, 0.6) is 0 Å². The molecule has 0 amide bonds. The molecule has 3 nitrogen and oxygen atoms in total. The molecule has 1 aromatic carbocycles. The van der Waals surface area contributed by atoms with Gasteiger partial charge >= 0.3 is 0 Å². The maximum Gasteiger partial charge on any atom is 0.0376 e. The Morgan fingerprint density at radius 3 is 2.95 bits per heavy atom. The number of piperazine rings is 1. The van der Waals surface area contributed by atoms with E-state index in [-0.39, 0.29) is 0 Å². The van der Waals surface area contributed by atoms with E-state index in [2.05, 4.69) is 53.4 Å². The molecule has 2 unspecified atom stereocenters. The molecule has 0 spiro atoms. The van der Waals surface area contributed by atoms with Crippen LogP contribution in [-0.2, 0) is 0 Å². The number of likely N-dealkylation sites (N-methyl/N-ethyl adjacent to an activating group) is 1. The molecule has 1 aromatic rings. The Morgan fingerprint density at radius 2 is 2.11 bits per heavy atom. The summed E-state index contributed by atoms with van der Waals surface area (Å²) in [6.45, 7) is 8.30. The van der Waals surface area contributed by atoms with E-state index >= 15 is 0 Å². The summed E-state index contributed by atoms with van der Waals surface area (Å²) in [6, 6.07) is 9.50. The minimum Gasteiger partial charge on any atom is -0.385 e. The zero-order valence-corrected chi connectivity index (χ0v) is 12.1. The molecule has 2 atom stereocenters. The molecule has 2 aliphatic rings. The van der Waals surface area contributed by atoms with Crippen LogP contribution >= 0.6 is 0 Å². The van der Waals surface area contributed by atoms with Crippen molar-refractivity contribution in [2.45, 2.75) is 25.3 Å². The Hall–Kier alpha value is -1.06.